The molecule has 0 aliphatic heterocycles. The standard InChI is InChI=1S/2I2.3HI.3Na/c2*1-2;;;;;;/h;;3*1H;;;/q;;;;;3*+1/p-3. The first kappa shape index (κ1) is 51.9. The fourth-order valence-electron chi connectivity index (χ4n) is 0. The van der Waals surface area contributed by atoms with E-state index in [2.05, 4.69) is 74.5 Å². The van der Waals surface area contributed by atoms with Gasteiger partial charge in [0.1, 0.15) is 0 Å². The summed E-state index contributed by atoms with van der Waals surface area (Å²) in [6.07, 6.45) is 0. The van der Waals surface area contributed by atoms with Gasteiger partial charge in [0.25, 0.3) is 0 Å². The van der Waals surface area contributed by atoms with Gasteiger partial charge in [0, 0.05) is 74.5 Å². The van der Waals surface area contributed by atoms with Crippen molar-refractivity contribution >= 4 is 74.5 Å². The Balaban J connectivity index is -0.000000000833. The summed E-state index contributed by atoms with van der Waals surface area (Å²) in [5, 5.41) is 0. The predicted molar refractivity (Wildman–Crippen MR) is 56.1 cm³/mol. The Hall–Kier alpha value is 8.11. The fourth-order valence-corrected chi connectivity index (χ4v) is 0. The molecule has 0 nitrogen and oxygen atoms in total. The van der Waals surface area contributed by atoms with Gasteiger partial charge in [-0.15, -0.1) is 0 Å². The fraction of sp³-hybridized carbons (Fsp3) is 0. The minimum absolute atomic E-state index is 0. The molecule has 0 heterocycles. The second-order valence-electron chi connectivity index (χ2n) is 0. The Bertz CT molecular complexity index is 8.81. The molecule has 0 rings (SSSR count). The van der Waals surface area contributed by atoms with E-state index in [4.69, 9.17) is 0 Å². The van der Waals surface area contributed by atoms with Gasteiger partial charge in [0.2, 0.25) is 0 Å². The second-order valence-corrected chi connectivity index (χ2v) is 0. The summed E-state index contributed by atoms with van der Waals surface area (Å²) in [5.41, 5.74) is 0. The van der Waals surface area contributed by atoms with Gasteiger partial charge in [-0.05, 0) is 0 Å². The maximum atomic E-state index is 2.12. The molecule has 0 aromatic carbocycles. The molecular weight excluding hydrogens is 957 g/mol. The van der Waals surface area contributed by atoms with Crippen molar-refractivity contribution in [3.8, 4) is 0 Å². The number of rotatable bonds is 0. The van der Waals surface area contributed by atoms with E-state index in [0.717, 1.165) is 0 Å². The molecule has 0 unspecified atom stereocenters. The van der Waals surface area contributed by atoms with Crippen molar-refractivity contribution in [1.82, 2.24) is 0 Å². The van der Waals surface area contributed by atoms with Crippen LogP contribution in [-0.2, 0) is 0 Å². The zero-order valence-corrected chi connectivity index (χ0v) is 26.7. The molecule has 0 aromatic rings. The van der Waals surface area contributed by atoms with Crippen LogP contribution in [0.4, 0.5) is 0 Å². The van der Waals surface area contributed by atoms with Gasteiger partial charge in [0.05, 0.1) is 0 Å². The van der Waals surface area contributed by atoms with Crippen LogP contribution in [0.2, 0.25) is 0 Å². The molecule has 0 amide bonds. The minimum atomic E-state index is 0. The van der Waals surface area contributed by atoms with Gasteiger partial charge in [0.15, 0.2) is 0 Å². The summed E-state index contributed by atoms with van der Waals surface area (Å²) in [4.78, 5) is 0. The van der Waals surface area contributed by atoms with Crippen molar-refractivity contribution in [1.29, 1.82) is 0 Å². The summed E-state index contributed by atoms with van der Waals surface area (Å²) in [6.45, 7) is 0. The first-order chi connectivity index (χ1) is 2.00. The van der Waals surface area contributed by atoms with E-state index in [-0.39, 0.29) is 161 Å². The zero-order chi connectivity index (χ0) is 4.00. The third-order valence-corrected chi connectivity index (χ3v) is 0. The quantitative estimate of drug-likeness (QED) is 0.168. The smallest absolute Gasteiger partial charge is 1.00 e. The first-order valence-electron chi connectivity index (χ1n) is 0.286. The van der Waals surface area contributed by atoms with E-state index in [1.807, 2.05) is 0 Å². The van der Waals surface area contributed by atoms with Crippen molar-refractivity contribution in [2.45, 2.75) is 0 Å². The normalized spacial score (nSPS) is 1.20. The molecule has 0 radical (unpaired) electrons. The van der Waals surface area contributed by atoms with Gasteiger partial charge in [-0.25, -0.2) is 0 Å². The molecule has 0 bridgehead atoms. The number of hydrogen-bond acceptors (Lipinski definition) is 0. The average molecular weight is 957 g/mol. The van der Waals surface area contributed by atoms with Crippen molar-refractivity contribution in [3.05, 3.63) is 0 Å². The molecule has 10 heteroatoms. The Kier molecular flexibility index (Phi) is 350. The Morgan fingerprint density at radius 2 is 0.400 bits per heavy atom. The second kappa shape index (κ2) is 67.5. The molecular formula is I7Na3. The van der Waals surface area contributed by atoms with Crippen molar-refractivity contribution in [2.24, 2.45) is 0 Å². The summed E-state index contributed by atoms with van der Waals surface area (Å²) >= 11 is 8.48. The van der Waals surface area contributed by atoms with Crippen LogP contribution >= 0.6 is 74.5 Å². The molecule has 0 atom stereocenters. The molecule has 0 aliphatic rings. The topological polar surface area (TPSA) is 0 Å². The van der Waals surface area contributed by atoms with Crippen LogP contribution in [0.15, 0.2) is 0 Å². The van der Waals surface area contributed by atoms with Crippen LogP contribution in [0.1, 0.15) is 0 Å². The average Bonchev–Trinajstić information content (AvgIpc) is 1.50. The minimum Gasteiger partial charge on any atom is -1.00 e. The third-order valence-electron chi connectivity index (χ3n) is 0. The summed E-state index contributed by atoms with van der Waals surface area (Å²) in [6, 6.07) is 0. The molecule has 0 N–H and O–H groups in total. The van der Waals surface area contributed by atoms with Gasteiger partial charge in [-0.2, -0.15) is 0 Å². The maximum absolute atomic E-state index is 2.12. The zero-order valence-electron chi connectivity index (χ0n) is 5.65. The molecule has 0 aliphatic carbocycles. The van der Waals surface area contributed by atoms with E-state index in [1.54, 1.807) is 0 Å². The van der Waals surface area contributed by atoms with Crippen molar-refractivity contribution in [2.75, 3.05) is 0 Å². The van der Waals surface area contributed by atoms with Gasteiger partial charge in [-0.3, -0.25) is 0 Å². The molecule has 0 aromatic heterocycles. The van der Waals surface area contributed by atoms with Crippen molar-refractivity contribution < 1.29 is 161 Å². The molecule has 10 heavy (non-hydrogen) atoms. The number of hydrogen-bond donors (Lipinski definition) is 0. The number of halogens is 7. The molecule has 0 fully saturated rings. The summed E-state index contributed by atoms with van der Waals surface area (Å²) in [7, 11) is 0. The van der Waals surface area contributed by atoms with E-state index in [0.29, 0.717) is 0 Å². The monoisotopic (exact) mass is 957 g/mol. The van der Waals surface area contributed by atoms with Crippen LogP contribution in [-0.4, -0.2) is 0 Å². The van der Waals surface area contributed by atoms with Crippen LogP contribution in [0.25, 0.3) is 0 Å². The molecule has 52 valence electrons. The van der Waals surface area contributed by atoms with Gasteiger partial charge in [-0.1, -0.05) is 0 Å². The third kappa shape index (κ3) is 55.9. The van der Waals surface area contributed by atoms with Gasteiger partial charge >= 0.3 is 88.7 Å². The Morgan fingerprint density at radius 3 is 0.400 bits per heavy atom. The first-order valence-corrected chi connectivity index (χ1v) is 12.9. The van der Waals surface area contributed by atoms with E-state index in [1.165, 1.54) is 0 Å². The van der Waals surface area contributed by atoms with Crippen LogP contribution < -0.4 is 161 Å². The van der Waals surface area contributed by atoms with Gasteiger partial charge < -0.3 is 71.9 Å². The largest absolute Gasteiger partial charge is 1.00 e. The van der Waals surface area contributed by atoms with E-state index >= 15 is 0 Å². The Morgan fingerprint density at radius 1 is 0.400 bits per heavy atom. The maximum Gasteiger partial charge on any atom is 1.00 e. The SMILES string of the molecule is II.II.[I-].[I-].[I-].[Na+].[Na+].[Na+]. The van der Waals surface area contributed by atoms with E-state index in [9.17, 15) is 0 Å². The van der Waals surface area contributed by atoms with Crippen LogP contribution in [0.5, 0.6) is 0 Å². The Labute approximate surface area is 227 Å². The van der Waals surface area contributed by atoms with Crippen LogP contribution in [0.3, 0.4) is 0 Å². The predicted octanol–water partition coefficient (Wildman–Crippen LogP) is -14.4. The molecule has 0 saturated carbocycles. The van der Waals surface area contributed by atoms with E-state index < -0.39 is 0 Å². The van der Waals surface area contributed by atoms with Crippen LogP contribution in [0, 0.1) is 0 Å². The van der Waals surface area contributed by atoms with Crippen molar-refractivity contribution in [3.63, 3.8) is 0 Å². The molecule has 0 saturated heterocycles. The summed E-state index contributed by atoms with van der Waals surface area (Å²) in [5.74, 6) is 0. The molecule has 0 spiro atoms. The summed E-state index contributed by atoms with van der Waals surface area (Å²) < 4.78 is 0.